The maximum atomic E-state index is 11.7. The minimum Gasteiger partial charge on any atom is -0.445 e. The topological polar surface area (TPSA) is 52.6 Å². The van der Waals surface area contributed by atoms with Crippen LogP contribution in [-0.4, -0.2) is 43.8 Å². The maximum absolute atomic E-state index is 11.7. The van der Waals surface area contributed by atoms with Crippen LogP contribution in [0.15, 0.2) is 24.3 Å². The highest BCUT2D eigenvalue weighted by molar-refractivity contribution is 8.05. The van der Waals surface area contributed by atoms with E-state index in [4.69, 9.17) is 9.47 Å². The van der Waals surface area contributed by atoms with Crippen LogP contribution < -0.4 is 0 Å². The summed E-state index contributed by atoms with van der Waals surface area (Å²) in [6, 6.07) is 0. The number of thioether (sulfide) groups is 3. The van der Waals surface area contributed by atoms with Gasteiger partial charge in [-0.2, -0.15) is 11.8 Å². The Morgan fingerprint density at radius 2 is 1.11 bits per heavy atom. The molecule has 2 atom stereocenters. The van der Waals surface area contributed by atoms with Gasteiger partial charge in [0.2, 0.25) is 0 Å². The van der Waals surface area contributed by atoms with Gasteiger partial charge in [0.25, 0.3) is 0 Å². The Labute approximate surface area is 177 Å². The van der Waals surface area contributed by atoms with E-state index in [0.29, 0.717) is 21.6 Å². The standard InChI is InChI=1S/C20H34O4S3/c1-13(2)17(21)23-19(7,8)25-11-15(5)27-16(6)12-26-20(9,10)24-18(22)14(3)4/h15-16H,1,3,11-12H2,2,4-10H3. The molecule has 156 valence electrons. The molecule has 0 spiro atoms. The summed E-state index contributed by atoms with van der Waals surface area (Å²) >= 11 is 5.11. The summed E-state index contributed by atoms with van der Waals surface area (Å²) in [6.45, 7) is 22.5. The smallest absolute Gasteiger partial charge is 0.334 e. The first-order chi connectivity index (χ1) is 12.1. The van der Waals surface area contributed by atoms with Gasteiger partial charge in [0, 0.05) is 33.2 Å². The average Bonchev–Trinajstić information content (AvgIpc) is 2.50. The lowest BCUT2D eigenvalue weighted by Gasteiger charge is -2.28. The minimum absolute atomic E-state index is 0.357. The number of carbonyl (C=O) groups excluding carboxylic acids is 2. The first-order valence-electron chi connectivity index (χ1n) is 8.86. The molecule has 0 heterocycles. The van der Waals surface area contributed by atoms with Gasteiger partial charge in [-0.3, -0.25) is 0 Å². The minimum atomic E-state index is -0.582. The maximum Gasteiger partial charge on any atom is 0.334 e. The number of carbonyl (C=O) groups is 2. The summed E-state index contributed by atoms with van der Waals surface area (Å²) < 4.78 is 10.9. The predicted molar refractivity (Wildman–Crippen MR) is 121 cm³/mol. The van der Waals surface area contributed by atoms with Gasteiger partial charge < -0.3 is 9.47 Å². The Morgan fingerprint density at radius 3 is 1.37 bits per heavy atom. The molecular weight excluding hydrogens is 400 g/mol. The van der Waals surface area contributed by atoms with Crippen molar-refractivity contribution in [1.82, 2.24) is 0 Å². The summed E-state index contributed by atoms with van der Waals surface area (Å²) in [5.41, 5.74) is 0.818. The molecule has 0 aliphatic heterocycles. The first kappa shape index (κ1) is 26.5. The molecule has 0 fully saturated rings. The lowest BCUT2D eigenvalue weighted by molar-refractivity contribution is -0.145. The largest absolute Gasteiger partial charge is 0.445 e. The zero-order chi connectivity index (χ0) is 21.4. The van der Waals surface area contributed by atoms with Gasteiger partial charge in [-0.15, -0.1) is 23.5 Å². The average molecular weight is 435 g/mol. The summed E-state index contributed by atoms with van der Waals surface area (Å²) in [6.07, 6.45) is 0. The monoisotopic (exact) mass is 434 g/mol. The van der Waals surface area contributed by atoms with Gasteiger partial charge in [-0.05, 0) is 41.5 Å². The number of rotatable bonds is 12. The number of hydrogen-bond acceptors (Lipinski definition) is 7. The van der Waals surface area contributed by atoms with Gasteiger partial charge in [0.05, 0.1) is 0 Å². The highest BCUT2D eigenvalue weighted by atomic mass is 32.2. The van der Waals surface area contributed by atoms with Crippen molar-refractivity contribution in [3.63, 3.8) is 0 Å². The van der Waals surface area contributed by atoms with E-state index in [1.807, 2.05) is 39.5 Å². The van der Waals surface area contributed by atoms with Crippen molar-refractivity contribution in [3.05, 3.63) is 24.3 Å². The molecule has 0 aromatic heterocycles. The SMILES string of the molecule is C=C(C)C(=O)OC(C)(C)SCC(C)SC(C)CSC(C)(C)OC(=O)C(=C)C. The predicted octanol–water partition coefficient (Wildman–Crippen LogP) is 5.67. The van der Waals surface area contributed by atoms with Crippen molar-refractivity contribution in [2.24, 2.45) is 0 Å². The van der Waals surface area contributed by atoms with E-state index in [-0.39, 0.29) is 11.9 Å². The molecule has 0 aromatic rings. The van der Waals surface area contributed by atoms with Gasteiger partial charge >= 0.3 is 11.9 Å². The highest BCUT2D eigenvalue weighted by Crippen LogP contribution is 2.34. The third-order valence-corrected chi connectivity index (χ3v) is 7.74. The summed E-state index contributed by atoms with van der Waals surface area (Å²) in [4.78, 5) is 22.2. The Bertz CT molecular complexity index is 507. The van der Waals surface area contributed by atoms with Crippen molar-refractivity contribution >= 4 is 47.2 Å². The zero-order valence-electron chi connectivity index (χ0n) is 17.8. The highest BCUT2D eigenvalue weighted by Gasteiger charge is 2.27. The molecule has 0 N–H and O–H groups in total. The van der Waals surface area contributed by atoms with Crippen molar-refractivity contribution in [3.8, 4) is 0 Å². The molecule has 0 bridgehead atoms. The Hall–Kier alpha value is -0.530. The van der Waals surface area contributed by atoms with Gasteiger partial charge in [-0.25, -0.2) is 9.59 Å². The van der Waals surface area contributed by atoms with Crippen LogP contribution in [0.2, 0.25) is 0 Å². The van der Waals surface area contributed by atoms with Crippen LogP contribution in [-0.2, 0) is 19.1 Å². The van der Waals surface area contributed by atoms with Crippen LogP contribution in [0, 0.1) is 0 Å². The van der Waals surface area contributed by atoms with Crippen LogP contribution in [0.25, 0.3) is 0 Å². The molecule has 0 aliphatic rings. The first-order valence-corrected chi connectivity index (χ1v) is 11.8. The quantitative estimate of drug-likeness (QED) is 0.223. The normalized spacial score (nSPS) is 14.2. The molecule has 7 heteroatoms. The van der Waals surface area contributed by atoms with E-state index < -0.39 is 9.87 Å². The second-order valence-corrected chi connectivity index (χ2v) is 12.6. The summed E-state index contributed by atoms with van der Waals surface area (Å²) in [7, 11) is 0. The molecule has 0 radical (unpaired) electrons. The third-order valence-electron chi connectivity index (χ3n) is 3.17. The van der Waals surface area contributed by atoms with E-state index in [1.54, 1.807) is 37.4 Å². The molecule has 0 aliphatic carbocycles. The molecule has 27 heavy (non-hydrogen) atoms. The van der Waals surface area contributed by atoms with Gasteiger partial charge in [0.1, 0.15) is 0 Å². The molecule has 4 nitrogen and oxygen atoms in total. The molecule has 0 rings (SSSR count). The van der Waals surface area contributed by atoms with Crippen LogP contribution >= 0.6 is 35.3 Å². The fourth-order valence-corrected chi connectivity index (χ4v) is 5.16. The van der Waals surface area contributed by atoms with Crippen LogP contribution in [0.4, 0.5) is 0 Å². The van der Waals surface area contributed by atoms with E-state index in [2.05, 4.69) is 27.0 Å². The Kier molecular flexibility index (Phi) is 11.2. The van der Waals surface area contributed by atoms with Crippen LogP contribution in [0.1, 0.15) is 55.4 Å². The Balaban J connectivity index is 4.33. The van der Waals surface area contributed by atoms with Crippen LogP contribution in [0.3, 0.4) is 0 Å². The lowest BCUT2D eigenvalue weighted by Crippen LogP contribution is -2.27. The van der Waals surface area contributed by atoms with E-state index in [0.717, 1.165) is 11.5 Å². The van der Waals surface area contributed by atoms with E-state index in [1.165, 1.54) is 0 Å². The second-order valence-electron chi connectivity index (χ2n) is 7.52. The molecule has 0 saturated heterocycles. The van der Waals surface area contributed by atoms with Gasteiger partial charge in [0.15, 0.2) is 9.87 Å². The number of hydrogen-bond donors (Lipinski definition) is 0. The number of esters is 2. The summed E-state index contributed by atoms with van der Waals surface area (Å²) in [5, 5.41) is 0.795. The zero-order valence-corrected chi connectivity index (χ0v) is 20.3. The molecule has 2 unspecified atom stereocenters. The van der Waals surface area contributed by atoms with Gasteiger partial charge in [-0.1, -0.05) is 27.0 Å². The summed E-state index contributed by atoms with van der Waals surface area (Å²) in [5.74, 6) is 1.02. The molecule has 0 saturated carbocycles. The van der Waals surface area contributed by atoms with Crippen molar-refractivity contribution in [2.75, 3.05) is 11.5 Å². The van der Waals surface area contributed by atoms with Crippen molar-refractivity contribution in [2.45, 2.75) is 75.8 Å². The Morgan fingerprint density at radius 1 is 0.815 bits per heavy atom. The fourth-order valence-electron chi connectivity index (χ4n) is 1.79. The van der Waals surface area contributed by atoms with E-state index >= 15 is 0 Å². The molecular formula is C20H34O4S3. The third kappa shape index (κ3) is 12.5. The molecule has 0 aromatic carbocycles. The van der Waals surface area contributed by atoms with E-state index in [9.17, 15) is 9.59 Å². The number of ether oxygens (including phenoxy) is 2. The molecule has 0 amide bonds. The van der Waals surface area contributed by atoms with Crippen molar-refractivity contribution in [1.29, 1.82) is 0 Å². The fraction of sp³-hybridized carbons (Fsp3) is 0.700. The second kappa shape index (κ2) is 11.5. The van der Waals surface area contributed by atoms with Crippen molar-refractivity contribution < 1.29 is 19.1 Å². The van der Waals surface area contributed by atoms with Crippen LogP contribution in [0.5, 0.6) is 0 Å². The lowest BCUT2D eigenvalue weighted by atomic mass is 10.3.